The summed E-state index contributed by atoms with van der Waals surface area (Å²) < 4.78 is 0. The molecule has 0 radical (unpaired) electrons. The maximum atomic E-state index is 11.5. The van der Waals surface area contributed by atoms with Crippen LogP contribution >= 0.6 is 0 Å². The lowest BCUT2D eigenvalue weighted by Crippen LogP contribution is -2.56. The van der Waals surface area contributed by atoms with Gasteiger partial charge in [-0.05, 0) is 27.7 Å². The highest BCUT2D eigenvalue weighted by Crippen LogP contribution is 2.09. The van der Waals surface area contributed by atoms with Gasteiger partial charge in [0.1, 0.15) is 6.04 Å². The van der Waals surface area contributed by atoms with E-state index in [9.17, 15) is 9.59 Å². The van der Waals surface area contributed by atoms with E-state index in [0.717, 1.165) is 5.01 Å². The van der Waals surface area contributed by atoms with E-state index in [-0.39, 0.29) is 0 Å². The number of hydrogen-bond acceptors (Lipinski definition) is 3. The van der Waals surface area contributed by atoms with Crippen LogP contribution in [-0.4, -0.2) is 33.7 Å². The smallest absolute Gasteiger partial charge is 0.405 e. The molecule has 0 aliphatic heterocycles. The highest BCUT2D eigenvalue weighted by molar-refractivity contribution is 5.84. The second-order valence-corrected chi connectivity index (χ2v) is 4.05. The van der Waals surface area contributed by atoms with Gasteiger partial charge in [-0.15, -0.1) is 0 Å². The maximum absolute atomic E-state index is 11.5. The molecule has 0 bridgehead atoms. The Morgan fingerprint density at radius 2 is 1.86 bits per heavy atom. The fourth-order valence-electron chi connectivity index (χ4n) is 0.786. The first-order chi connectivity index (χ1) is 6.16. The largest absolute Gasteiger partial charge is 0.465 e. The molecule has 82 valence electrons. The molecule has 0 saturated heterocycles. The molecule has 0 aliphatic carbocycles. The van der Waals surface area contributed by atoms with E-state index in [2.05, 4.69) is 0 Å². The third kappa shape index (κ3) is 3.61. The van der Waals surface area contributed by atoms with Crippen molar-refractivity contribution in [1.29, 1.82) is 0 Å². The second kappa shape index (κ2) is 4.28. The van der Waals surface area contributed by atoms with Gasteiger partial charge in [0, 0.05) is 0 Å². The van der Waals surface area contributed by atoms with Crippen molar-refractivity contribution < 1.29 is 14.7 Å². The van der Waals surface area contributed by atoms with Crippen LogP contribution in [0.25, 0.3) is 0 Å². The molecule has 0 aromatic heterocycles. The number of amides is 2. The van der Waals surface area contributed by atoms with Gasteiger partial charge < -0.3 is 10.4 Å². The van der Waals surface area contributed by atoms with Crippen LogP contribution in [0.1, 0.15) is 27.7 Å². The number of nitrogens with one attached hydrogen (secondary N) is 1. The van der Waals surface area contributed by atoms with E-state index in [4.69, 9.17) is 10.9 Å². The van der Waals surface area contributed by atoms with Crippen LogP contribution < -0.4 is 11.2 Å². The van der Waals surface area contributed by atoms with Gasteiger partial charge in [-0.3, -0.25) is 9.80 Å². The molecule has 0 saturated carbocycles. The number of carboxylic acid groups (broad SMARTS) is 1. The molecule has 0 spiro atoms. The minimum atomic E-state index is -1.24. The van der Waals surface area contributed by atoms with Crippen LogP contribution in [-0.2, 0) is 4.79 Å². The van der Waals surface area contributed by atoms with Crippen molar-refractivity contribution in [1.82, 2.24) is 10.3 Å². The van der Waals surface area contributed by atoms with Gasteiger partial charge in [-0.1, -0.05) is 0 Å². The minimum absolute atomic E-state index is 0.458. The Labute approximate surface area is 83.0 Å². The first-order valence-electron chi connectivity index (χ1n) is 4.24. The van der Waals surface area contributed by atoms with Crippen LogP contribution in [0.3, 0.4) is 0 Å². The Morgan fingerprint density at radius 3 is 2.14 bits per heavy atom. The summed E-state index contributed by atoms with van der Waals surface area (Å²) in [5.41, 5.74) is -0.522. The van der Waals surface area contributed by atoms with Gasteiger partial charge in [0.15, 0.2) is 0 Å². The van der Waals surface area contributed by atoms with Crippen molar-refractivity contribution in [3.05, 3.63) is 0 Å². The third-order valence-corrected chi connectivity index (χ3v) is 1.67. The van der Waals surface area contributed by atoms with Crippen LogP contribution in [0.5, 0.6) is 0 Å². The molecule has 0 aromatic rings. The van der Waals surface area contributed by atoms with Crippen LogP contribution in [0.2, 0.25) is 0 Å². The molecule has 0 unspecified atom stereocenters. The summed E-state index contributed by atoms with van der Waals surface area (Å²) in [5, 5.41) is 11.5. The SMILES string of the molecule is C[C@H](NC(=O)O)C(=O)N(N)C(C)(C)C. The highest BCUT2D eigenvalue weighted by Gasteiger charge is 2.27. The lowest BCUT2D eigenvalue weighted by Gasteiger charge is -2.32. The summed E-state index contributed by atoms with van der Waals surface area (Å²) in [5.74, 6) is 5.06. The standard InChI is InChI=1S/C8H17N3O3/c1-5(10-7(13)14)6(12)11(9)8(2,3)4/h5,10H,9H2,1-4H3,(H,13,14)/t5-/m0/s1. The molecule has 0 heterocycles. The zero-order chi connectivity index (χ0) is 11.5. The number of hydrazine groups is 1. The summed E-state index contributed by atoms with van der Waals surface area (Å²) in [7, 11) is 0. The Balaban J connectivity index is 4.40. The summed E-state index contributed by atoms with van der Waals surface area (Å²) in [4.78, 5) is 21.8. The Morgan fingerprint density at radius 1 is 1.43 bits per heavy atom. The van der Waals surface area contributed by atoms with Gasteiger partial charge in [0.05, 0.1) is 5.54 Å². The average Bonchev–Trinajstić information content (AvgIpc) is 1.98. The van der Waals surface area contributed by atoms with Crippen molar-refractivity contribution in [3.8, 4) is 0 Å². The number of hydrogen-bond donors (Lipinski definition) is 3. The van der Waals surface area contributed by atoms with Crippen molar-refractivity contribution in [2.24, 2.45) is 5.84 Å². The maximum Gasteiger partial charge on any atom is 0.405 e. The monoisotopic (exact) mass is 203 g/mol. The van der Waals surface area contributed by atoms with Crippen LogP contribution in [0.15, 0.2) is 0 Å². The molecule has 6 heteroatoms. The van der Waals surface area contributed by atoms with Crippen molar-refractivity contribution >= 4 is 12.0 Å². The normalized spacial score (nSPS) is 13.2. The number of nitrogens with zero attached hydrogens (tertiary/aromatic N) is 1. The molecule has 0 fully saturated rings. The van der Waals surface area contributed by atoms with E-state index in [0.29, 0.717) is 0 Å². The minimum Gasteiger partial charge on any atom is -0.465 e. The number of carbonyl (C=O) groups excluding carboxylic acids is 1. The van der Waals surface area contributed by atoms with Gasteiger partial charge in [0.2, 0.25) is 0 Å². The van der Waals surface area contributed by atoms with Gasteiger partial charge in [-0.2, -0.15) is 0 Å². The molecule has 6 nitrogen and oxygen atoms in total. The molecule has 0 rings (SSSR count). The summed E-state index contributed by atoms with van der Waals surface area (Å²) in [6.07, 6.45) is -1.24. The Hall–Kier alpha value is -1.30. The summed E-state index contributed by atoms with van der Waals surface area (Å²) in [6, 6.07) is -0.836. The van der Waals surface area contributed by atoms with Crippen molar-refractivity contribution in [2.75, 3.05) is 0 Å². The molecule has 2 amide bonds. The Bertz CT molecular complexity index is 234. The van der Waals surface area contributed by atoms with Crippen LogP contribution in [0, 0.1) is 0 Å². The van der Waals surface area contributed by atoms with Gasteiger partial charge in [0.25, 0.3) is 5.91 Å². The lowest BCUT2D eigenvalue weighted by atomic mass is 10.1. The second-order valence-electron chi connectivity index (χ2n) is 4.05. The lowest BCUT2D eigenvalue weighted by molar-refractivity contribution is -0.138. The quantitative estimate of drug-likeness (QED) is 0.338. The zero-order valence-electron chi connectivity index (χ0n) is 8.87. The highest BCUT2D eigenvalue weighted by atomic mass is 16.4. The first-order valence-corrected chi connectivity index (χ1v) is 4.24. The number of nitrogens with two attached hydrogens (primary N) is 1. The van der Waals surface area contributed by atoms with E-state index in [1.54, 1.807) is 20.8 Å². The number of rotatable bonds is 2. The van der Waals surface area contributed by atoms with Crippen LogP contribution in [0.4, 0.5) is 4.79 Å². The predicted octanol–water partition coefficient (Wildman–Crippen LogP) is 0.143. The van der Waals surface area contributed by atoms with E-state index in [1.165, 1.54) is 6.92 Å². The fraction of sp³-hybridized carbons (Fsp3) is 0.750. The van der Waals surface area contributed by atoms with Gasteiger partial charge in [-0.25, -0.2) is 10.6 Å². The third-order valence-electron chi connectivity index (χ3n) is 1.67. The van der Waals surface area contributed by atoms with Gasteiger partial charge >= 0.3 is 6.09 Å². The summed E-state index contributed by atoms with van der Waals surface area (Å²) in [6.45, 7) is 6.73. The first kappa shape index (κ1) is 12.7. The topological polar surface area (TPSA) is 95.7 Å². The number of carbonyl (C=O) groups is 2. The molecule has 14 heavy (non-hydrogen) atoms. The van der Waals surface area contributed by atoms with Crippen molar-refractivity contribution in [2.45, 2.75) is 39.3 Å². The summed E-state index contributed by atoms with van der Waals surface area (Å²) >= 11 is 0. The van der Waals surface area contributed by atoms with E-state index in [1.807, 2.05) is 5.32 Å². The predicted molar refractivity (Wildman–Crippen MR) is 51.4 cm³/mol. The fourth-order valence-corrected chi connectivity index (χ4v) is 0.786. The zero-order valence-corrected chi connectivity index (χ0v) is 8.87. The molecular weight excluding hydrogens is 186 g/mol. The molecule has 0 aromatic carbocycles. The molecule has 0 aliphatic rings. The molecule has 1 atom stereocenters. The average molecular weight is 203 g/mol. The molecular formula is C8H17N3O3. The van der Waals surface area contributed by atoms with Crippen molar-refractivity contribution in [3.63, 3.8) is 0 Å². The Kier molecular flexibility index (Phi) is 3.88. The molecule has 4 N–H and O–H groups in total. The van der Waals surface area contributed by atoms with E-state index >= 15 is 0 Å². The van der Waals surface area contributed by atoms with E-state index < -0.39 is 23.6 Å².